The van der Waals surface area contributed by atoms with E-state index >= 15 is 0 Å². The van der Waals surface area contributed by atoms with Crippen molar-refractivity contribution in [2.75, 3.05) is 0 Å². The number of fused-ring (bicyclic) bond motifs is 6. The Kier molecular flexibility index (Phi) is 5.58. The molecule has 3 nitrogen and oxygen atoms in total. The fraction of sp³-hybridized carbons (Fsp3) is 0.371. The van der Waals surface area contributed by atoms with Gasteiger partial charge in [-0.1, -0.05) is 77.9 Å². The number of aryl methyl sites for hydroxylation is 3. The zero-order valence-corrected chi connectivity index (χ0v) is 24.2. The second-order valence-corrected chi connectivity index (χ2v) is 12.3. The molecule has 2 aromatic carbocycles. The summed E-state index contributed by atoms with van der Waals surface area (Å²) in [5.74, 6) is 1.28. The molecule has 3 aromatic heterocycles. The second kappa shape index (κ2) is 8.53. The van der Waals surface area contributed by atoms with Crippen LogP contribution in [-0.4, -0.2) is 4.98 Å². The van der Waals surface area contributed by atoms with Crippen LogP contribution < -0.4 is 4.57 Å². The van der Waals surface area contributed by atoms with E-state index in [9.17, 15) is 0 Å². The van der Waals surface area contributed by atoms with Crippen LogP contribution in [0.3, 0.4) is 0 Å². The standard InChI is InChI=1S/C35H39N2O/c1-19(2)28-18-37(9)30(16-23(28)8)31-22(7)14-15-25-27-17-26-24-12-10-11-13-29(24)35(20(3)4,21(5)6)33(26)36-34(27)38-32(25)31/h10-21H,1-9H3/q+1. The third-order valence-corrected chi connectivity index (χ3v) is 9.12. The van der Waals surface area contributed by atoms with Gasteiger partial charge in [0.05, 0.1) is 11.3 Å². The molecule has 1 aliphatic rings. The molecule has 0 amide bonds. The lowest BCUT2D eigenvalue weighted by Crippen LogP contribution is -2.38. The van der Waals surface area contributed by atoms with Crippen molar-refractivity contribution in [1.29, 1.82) is 0 Å². The summed E-state index contributed by atoms with van der Waals surface area (Å²) in [6.07, 6.45) is 2.28. The monoisotopic (exact) mass is 503 g/mol. The first-order valence-corrected chi connectivity index (χ1v) is 14.0. The normalized spacial score (nSPS) is 14.3. The molecule has 0 spiro atoms. The Hall–Kier alpha value is -3.46. The van der Waals surface area contributed by atoms with Gasteiger partial charge in [-0.2, -0.15) is 0 Å². The molecule has 194 valence electrons. The SMILES string of the molecule is Cc1cc(-c2c(C)ccc3c2oc2nc4c(cc23)-c2ccccc2C4(C(C)C)C(C)C)[n+](C)cc1C(C)C. The Bertz CT molecular complexity index is 1730. The molecule has 3 heterocycles. The fourth-order valence-electron chi connectivity index (χ4n) is 7.37. The maximum absolute atomic E-state index is 6.74. The summed E-state index contributed by atoms with van der Waals surface area (Å²) in [6.45, 7) is 18.2. The van der Waals surface area contributed by atoms with Crippen molar-refractivity contribution in [1.82, 2.24) is 4.98 Å². The second-order valence-electron chi connectivity index (χ2n) is 12.3. The van der Waals surface area contributed by atoms with Gasteiger partial charge >= 0.3 is 0 Å². The van der Waals surface area contributed by atoms with Crippen LogP contribution in [0.5, 0.6) is 0 Å². The lowest BCUT2D eigenvalue weighted by molar-refractivity contribution is -0.660. The van der Waals surface area contributed by atoms with Gasteiger partial charge in [-0.15, -0.1) is 0 Å². The number of aromatic nitrogens is 2. The van der Waals surface area contributed by atoms with Crippen molar-refractivity contribution in [2.45, 2.75) is 66.7 Å². The van der Waals surface area contributed by atoms with Crippen molar-refractivity contribution in [3.05, 3.63) is 82.7 Å². The first-order chi connectivity index (χ1) is 18.1. The highest BCUT2D eigenvalue weighted by atomic mass is 16.3. The van der Waals surface area contributed by atoms with E-state index in [4.69, 9.17) is 9.40 Å². The van der Waals surface area contributed by atoms with Crippen LogP contribution in [0.15, 0.2) is 59.1 Å². The molecule has 0 bridgehead atoms. The molecule has 1 aliphatic carbocycles. The lowest BCUT2D eigenvalue weighted by Gasteiger charge is -2.39. The minimum absolute atomic E-state index is 0.145. The molecule has 0 atom stereocenters. The third-order valence-electron chi connectivity index (χ3n) is 9.12. The highest BCUT2D eigenvalue weighted by molar-refractivity contribution is 6.10. The van der Waals surface area contributed by atoms with E-state index in [0.717, 1.165) is 33.3 Å². The molecule has 6 rings (SSSR count). The van der Waals surface area contributed by atoms with Crippen LogP contribution in [0, 0.1) is 25.7 Å². The maximum atomic E-state index is 6.74. The zero-order chi connectivity index (χ0) is 27.1. The van der Waals surface area contributed by atoms with Crippen LogP contribution in [0.25, 0.3) is 44.5 Å². The van der Waals surface area contributed by atoms with Crippen molar-refractivity contribution >= 4 is 22.1 Å². The van der Waals surface area contributed by atoms with Gasteiger partial charge in [0, 0.05) is 33.4 Å². The summed E-state index contributed by atoms with van der Waals surface area (Å²) in [4.78, 5) is 5.37. The number of hydrogen-bond acceptors (Lipinski definition) is 2. The number of pyridine rings is 2. The summed E-state index contributed by atoms with van der Waals surface area (Å²) in [5.41, 5.74) is 12.9. The molecule has 5 aromatic rings. The number of nitrogens with zero attached hydrogens (tertiary/aromatic N) is 2. The number of furan rings is 1. The zero-order valence-electron chi connectivity index (χ0n) is 24.2. The van der Waals surface area contributed by atoms with Gasteiger partial charge in [-0.05, 0) is 59.9 Å². The quantitative estimate of drug-likeness (QED) is 0.229. The molecule has 0 radical (unpaired) electrons. The third kappa shape index (κ3) is 3.20. The van der Waals surface area contributed by atoms with E-state index in [1.54, 1.807) is 0 Å². The van der Waals surface area contributed by atoms with Gasteiger partial charge in [-0.3, -0.25) is 0 Å². The molecular weight excluding hydrogens is 464 g/mol. The summed E-state index contributed by atoms with van der Waals surface area (Å²) >= 11 is 0. The molecule has 0 N–H and O–H groups in total. The maximum Gasteiger partial charge on any atom is 0.227 e. The first-order valence-electron chi connectivity index (χ1n) is 14.0. The van der Waals surface area contributed by atoms with E-state index < -0.39 is 0 Å². The number of benzene rings is 2. The van der Waals surface area contributed by atoms with E-state index in [2.05, 4.69) is 122 Å². The van der Waals surface area contributed by atoms with Crippen LogP contribution >= 0.6 is 0 Å². The predicted octanol–water partition coefficient (Wildman–Crippen LogP) is 8.79. The first kappa shape index (κ1) is 24.9. The molecule has 0 saturated heterocycles. The lowest BCUT2D eigenvalue weighted by atomic mass is 9.64. The molecule has 0 fully saturated rings. The molecule has 3 heteroatoms. The Morgan fingerprint density at radius 3 is 2.21 bits per heavy atom. The van der Waals surface area contributed by atoms with Gasteiger partial charge in [0.1, 0.15) is 7.05 Å². The minimum Gasteiger partial charge on any atom is -0.437 e. The molecule has 0 saturated carbocycles. The number of hydrogen-bond donors (Lipinski definition) is 0. The Morgan fingerprint density at radius 1 is 0.816 bits per heavy atom. The molecule has 0 unspecified atom stereocenters. The van der Waals surface area contributed by atoms with Gasteiger partial charge < -0.3 is 4.42 Å². The van der Waals surface area contributed by atoms with Gasteiger partial charge in [0.25, 0.3) is 0 Å². The van der Waals surface area contributed by atoms with E-state index in [1.165, 1.54) is 39.1 Å². The topological polar surface area (TPSA) is 29.9 Å². The van der Waals surface area contributed by atoms with Crippen LogP contribution in [-0.2, 0) is 12.5 Å². The Balaban J connectivity index is 1.68. The van der Waals surface area contributed by atoms with Crippen molar-refractivity contribution < 1.29 is 8.98 Å². The van der Waals surface area contributed by atoms with Crippen molar-refractivity contribution in [3.8, 4) is 22.4 Å². The van der Waals surface area contributed by atoms with Crippen molar-refractivity contribution in [3.63, 3.8) is 0 Å². The summed E-state index contributed by atoms with van der Waals surface area (Å²) in [6, 6.07) is 18.0. The highest BCUT2D eigenvalue weighted by Crippen LogP contribution is 2.56. The van der Waals surface area contributed by atoms with E-state index in [1.807, 2.05) is 0 Å². The smallest absolute Gasteiger partial charge is 0.227 e. The molecule has 38 heavy (non-hydrogen) atoms. The highest BCUT2D eigenvalue weighted by Gasteiger charge is 2.49. The molecular formula is C35H39N2O+. The van der Waals surface area contributed by atoms with Gasteiger partial charge in [0.15, 0.2) is 11.8 Å². The average molecular weight is 504 g/mol. The van der Waals surface area contributed by atoms with Crippen LogP contribution in [0.2, 0.25) is 0 Å². The largest absolute Gasteiger partial charge is 0.437 e. The molecule has 0 aliphatic heterocycles. The van der Waals surface area contributed by atoms with E-state index in [0.29, 0.717) is 17.8 Å². The van der Waals surface area contributed by atoms with E-state index in [-0.39, 0.29) is 5.41 Å². The Labute approximate surface area is 226 Å². The number of rotatable bonds is 4. The minimum atomic E-state index is -0.145. The average Bonchev–Trinajstić information content (AvgIpc) is 3.37. The summed E-state index contributed by atoms with van der Waals surface area (Å²) in [5, 5.41) is 2.22. The van der Waals surface area contributed by atoms with Crippen LogP contribution in [0.4, 0.5) is 0 Å². The predicted molar refractivity (Wildman–Crippen MR) is 158 cm³/mol. The Morgan fingerprint density at radius 2 is 1.53 bits per heavy atom. The van der Waals surface area contributed by atoms with Crippen molar-refractivity contribution in [2.24, 2.45) is 18.9 Å². The summed E-state index contributed by atoms with van der Waals surface area (Å²) in [7, 11) is 2.14. The summed E-state index contributed by atoms with van der Waals surface area (Å²) < 4.78 is 9.00. The van der Waals surface area contributed by atoms with Gasteiger partial charge in [0.2, 0.25) is 11.4 Å². The van der Waals surface area contributed by atoms with Crippen LogP contribution in [0.1, 0.15) is 75.4 Å². The van der Waals surface area contributed by atoms with Gasteiger partial charge in [-0.25, -0.2) is 9.55 Å². The fourth-order valence-corrected chi connectivity index (χ4v) is 7.37.